The average Bonchev–Trinajstić information content (AvgIpc) is 2.91. The van der Waals surface area contributed by atoms with E-state index in [0.29, 0.717) is 22.9 Å². The highest BCUT2D eigenvalue weighted by molar-refractivity contribution is 5.99. The van der Waals surface area contributed by atoms with Gasteiger partial charge < -0.3 is 15.0 Å². The molecule has 0 spiro atoms. The van der Waals surface area contributed by atoms with Gasteiger partial charge in [0.2, 0.25) is 0 Å². The number of piperidine rings is 1. The minimum atomic E-state index is -0.587. The zero-order valence-corrected chi connectivity index (χ0v) is 20.7. The van der Waals surface area contributed by atoms with Crippen LogP contribution in [-0.2, 0) is 4.79 Å². The molecule has 1 heterocycles. The molecular formula is C29H33N3O4. The standard InChI is InChI=1S/C29H33N3O4/c1-20(2)32-16-14-25(15-17-32)30-28(33)24(18-21-10-12-23(13-11-21)29(34)31-35)19-36-27-9-5-7-22-6-3-4-8-26(22)27/h3-13,18,20,25,35H,14-17,19H2,1-2H3,(H,30,33)(H,31,34)/b24-18+. The second-order valence-electron chi connectivity index (χ2n) is 9.38. The number of nitrogens with one attached hydrogen (secondary N) is 2. The number of nitrogens with zero attached hydrogens (tertiary/aromatic N) is 1. The second-order valence-corrected chi connectivity index (χ2v) is 9.38. The van der Waals surface area contributed by atoms with Crippen molar-refractivity contribution in [2.75, 3.05) is 19.7 Å². The minimum absolute atomic E-state index is 0.101. The van der Waals surface area contributed by atoms with Crippen LogP contribution in [0.2, 0.25) is 0 Å². The summed E-state index contributed by atoms with van der Waals surface area (Å²) in [5.41, 5.74) is 3.20. The molecule has 3 N–H and O–H groups in total. The van der Waals surface area contributed by atoms with Crippen LogP contribution in [0.5, 0.6) is 5.75 Å². The number of rotatable bonds is 8. The lowest BCUT2D eigenvalue weighted by Gasteiger charge is -2.35. The fourth-order valence-electron chi connectivity index (χ4n) is 4.48. The van der Waals surface area contributed by atoms with E-state index in [2.05, 4.69) is 24.1 Å². The molecule has 1 aliphatic rings. The molecule has 4 rings (SSSR count). The Morgan fingerprint density at radius 2 is 1.72 bits per heavy atom. The maximum atomic E-state index is 13.4. The molecule has 1 aliphatic heterocycles. The summed E-state index contributed by atoms with van der Waals surface area (Å²) in [6.45, 7) is 6.41. The molecule has 2 amide bonds. The Balaban J connectivity index is 1.53. The number of carbonyl (C=O) groups is 2. The number of likely N-dealkylation sites (tertiary alicyclic amines) is 1. The maximum absolute atomic E-state index is 13.4. The lowest BCUT2D eigenvalue weighted by molar-refractivity contribution is -0.118. The summed E-state index contributed by atoms with van der Waals surface area (Å²) in [6, 6.07) is 21.1. The van der Waals surface area contributed by atoms with Gasteiger partial charge in [-0.1, -0.05) is 48.5 Å². The third-order valence-corrected chi connectivity index (χ3v) is 6.63. The van der Waals surface area contributed by atoms with E-state index in [9.17, 15) is 9.59 Å². The highest BCUT2D eigenvalue weighted by Gasteiger charge is 2.23. The van der Waals surface area contributed by atoms with Crippen molar-refractivity contribution in [3.05, 3.63) is 83.4 Å². The van der Waals surface area contributed by atoms with Gasteiger partial charge in [0.05, 0.1) is 5.57 Å². The van der Waals surface area contributed by atoms with Crippen LogP contribution in [0.3, 0.4) is 0 Å². The Labute approximate surface area is 211 Å². The number of hydroxylamine groups is 1. The van der Waals surface area contributed by atoms with E-state index in [-0.39, 0.29) is 18.6 Å². The zero-order valence-electron chi connectivity index (χ0n) is 20.7. The fourth-order valence-corrected chi connectivity index (χ4v) is 4.48. The Bertz CT molecular complexity index is 1220. The first-order valence-corrected chi connectivity index (χ1v) is 12.3. The fraction of sp³-hybridized carbons (Fsp3) is 0.310. The topological polar surface area (TPSA) is 90.9 Å². The van der Waals surface area contributed by atoms with Crippen molar-refractivity contribution in [2.45, 2.75) is 38.8 Å². The lowest BCUT2D eigenvalue weighted by atomic mass is 10.0. The molecule has 0 aromatic heterocycles. The van der Waals surface area contributed by atoms with E-state index in [1.165, 1.54) is 0 Å². The first-order chi connectivity index (χ1) is 17.4. The predicted molar refractivity (Wildman–Crippen MR) is 141 cm³/mol. The molecule has 0 radical (unpaired) electrons. The average molecular weight is 488 g/mol. The smallest absolute Gasteiger partial charge is 0.274 e. The predicted octanol–water partition coefficient (Wildman–Crippen LogP) is 4.41. The summed E-state index contributed by atoms with van der Waals surface area (Å²) in [7, 11) is 0. The Morgan fingerprint density at radius 3 is 2.42 bits per heavy atom. The van der Waals surface area contributed by atoms with Crippen molar-refractivity contribution in [3.63, 3.8) is 0 Å². The molecule has 3 aromatic rings. The first kappa shape index (κ1) is 25.4. The summed E-state index contributed by atoms with van der Waals surface area (Å²) in [5.74, 6) is -0.0297. The second kappa shape index (κ2) is 11.8. The van der Waals surface area contributed by atoms with Crippen LogP contribution in [-0.4, -0.2) is 53.7 Å². The molecular weight excluding hydrogens is 454 g/mol. The van der Waals surface area contributed by atoms with Gasteiger partial charge in [-0.3, -0.25) is 14.8 Å². The molecule has 7 heteroatoms. The molecule has 0 bridgehead atoms. The molecule has 7 nitrogen and oxygen atoms in total. The van der Waals surface area contributed by atoms with E-state index in [4.69, 9.17) is 9.94 Å². The normalized spacial score (nSPS) is 15.2. The Hall–Kier alpha value is -3.68. The molecule has 1 fully saturated rings. The van der Waals surface area contributed by atoms with E-state index in [0.717, 1.165) is 42.3 Å². The van der Waals surface area contributed by atoms with Gasteiger partial charge in [-0.2, -0.15) is 0 Å². The molecule has 0 atom stereocenters. The van der Waals surface area contributed by atoms with Crippen molar-refractivity contribution < 1.29 is 19.5 Å². The van der Waals surface area contributed by atoms with Crippen LogP contribution in [0.1, 0.15) is 42.6 Å². The SMILES string of the molecule is CC(C)N1CCC(NC(=O)/C(=C/c2ccc(C(=O)NO)cc2)COc2cccc3ccccc23)CC1. The number of carbonyl (C=O) groups excluding carboxylic acids is 2. The van der Waals surface area contributed by atoms with Crippen molar-refractivity contribution in [1.82, 2.24) is 15.7 Å². The highest BCUT2D eigenvalue weighted by Crippen LogP contribution is 2.26. The number of hydrogen-bond donors (Lipinski definition) is 3. The number of hydrogen-bond acceptors (Lipinski definition) is 5. The summed E-state index contributed by atoms with van der Waals surface area (Å²) < 4.78 is 6.16. The first-order valence-electron chi connectivity index (χ1n) is 12.3. The molecule has 0 aliphatic carbocycles. The van der Waals surface area contributed by atoms with Crippen LogP contribution in [0, 0.1) is 0 Å². The van der Waals surface area contributed by atoms with Gasteiger partial charge in [-0.15, -0.1) is 0 Å². The molecule has 1 saturated heterocycles. The van der Waals surface area contributed by atoms with Gasteiger partial charge in [0.25, 0.3) is 11.8 Å². The minimum Gasteiger partial charge on any atom is -0.488 e. The largest absolute Gasteiger partial charge is 0.488 e. The monoisotopic (exact) mass is 487 g/mol. The highest BCUT2D eigenvalue weighted by atomic mass is 16.5. The van der Waals surface area contributed by atoms with Crippen molar-refractivity contribution in [1.29, 1.82) is 0 Å². The van der Waals surface area contributed by atoms with Gasteiger partial charge in [0.15, 0.2) is 0 Å². The molecule has 3 aromatic carbocycles. The van der Waals surface area contributed by atoms with Gasteiger partial charge in [-0.05, 0) is 61.9 Å². The van der Waals surface area contributed by atoms with E-state index in [1.807, 2.05) is 42.5 Å². The molecule has 0 saturated carbocycles. The summed E-state index contributed by atoms with van der Waals surface area (Å²) in [6.07, 6.45) is 3.60. The van der Waals surface area contributed by atoms with E-state index < -0.39 is 5.91 Å². The van der Waals surface area contributed by atoms with Crippen molar-refractivity contribution >= 4 is 28.7 Å². The third kappa shape index (κ3) is 6.30. The Kier molecular flexibility index (Phi) is 8.36. The van der Waals surface area contributed by atoms with Gasteiger partial charge in [0, 0.05) is 36.1 Å². The van der Waals surface area contributed by atoms with Crippen LogP contribution < -0.4 is 15.5 Å². The quantitative estimate of drug-likeness (QED) is 0.249. The molecule has 0 unspecified atom stereocenters. The van der Waals surface area contributed by atoms with E-state index >= 15 is 0 Å². The van der Waals surface area contributed by atoms with Crippen LogP contribution in [0.25, 0.3) is 16.8 Å². The maximum Gasteiger partial charge on any atom is 0.274 e. The van der Waals surface area contributed by atoms with Gasteiger partial charge >= 0.3 is 0 Å². The summed E-state index contributed by atoms with van der Waals surface area (Å²) in [4.78, 5) is 27.4. The number of benzene rings is 3. The third-order valence-electron chi connectivity index (χ3n) is 6.63. The molecule has 36 heavy (non-hydrogen) atoms. The number of ether oxygens (including phenoxy) is 1. The molecule has 188 valence electrons. The van der Waals surface area contributed by atoms with Crippen molar-refractivity contribution in [3.8, 4) is 5.75 Å². The van der Waals surface area contributed by atoms with E-state index in [1.54, 1.807) is 35.8 Å². The van der Waals surface area contributed by atoms with Gasteiger partial charge in [-0.25, -0.2) is 5.48 Å². The van der Waals surface area contributed by atoms with Gasteiger partial charge in [0.1, 0.15) is 12.4 Å². The summed E-state index contributed by atoms with van der Waals surface area (Å²) in [5, 5.41) is 14.1. The zero-order chi connectivity index (χ0) is 25.5. The van der Waals surface area contributed by atoms with Crippen LogP contribution in [0.15, 0.2) is 72.3 Å². The lowest BCUT2D eigenvalue weighted by Crippen LogP contribution is -2.47. The Morgan fingerprint density at radius 1 is 1.03 bits per heavy atom. The van der Waals surface area contributed by atoms with Crippen molar-refractivity contribution in [2.24, 2.45) is 0 Å². The number of amides is 2. The van der Waals surface area contributed by atoms with Crippen LogP contribution in [0.4, 0.5) is 0 Å². The number of fused-ring (bicyclic) bond motifs is 1. The van der Waals surface area contributed by atoms with Crippen LogP contribution >= 0.6 is 0 Å². The summed E-state index contributed by atoms with van der Waals surface area (Å²) >= 11 is 0.